The molecule has 33 heavy (non-hydrogen) atoms. The van der Waals surface area contributed by atoms with Gasteiger partial charge in [-0.2, -0.15) is 19.7 Å². The Bertz CT molecular complexity index is 1350. The van der Waals surface area contributed by atoms with Crippen molar-refractivity contribution in [1.82, 2.24) is 19.7 Å². The van der Waals surface area contributed by atoms with Gasteiger partial charge in [0.1, 0.15) is 17.5 Å². The monoisotopic (exact) mass is 445 g/mol. The second-order valence-electron chi connectivity index (χ2n) is 8.20. The summed E-state index contributed by atoms with van der Waals surface area (Å²) in [5.41, 5.74) is 8.48. The summed E-state index contributed by atoms with van der Waals surface area (Å²) in [5, 5.41) is 8.49. The van der Waals surface area contributed by atoms with Crippen LogP contribution in [0.5, 0.6) is 0 Å². The van der Waals surface area contributed by atoms with E-state index < -0.39 is 5.91 Å². The van der Waals surface area contributed by atoms with Crippen molar-refractivity contribution in [3.05, 3.63) is 71.2 Å². The number of carbonyl (C=O) groups is 1. The summed E-state index contributed by atoms with van der Waals surface area (Å²) in [6.45, 7) is 1.31. The van der Waals surface area contributed by atoms with Gasteiger partial charge in [-0.15, -0.1) is 0 Å². The van der Waals surface area contributed by atoms with Gasteiger partial charge in [0.05, 0.1) is 17.3 Å². The summed E-state index contributed by atoms with van der Waals surface area (Å²) < 4.78 is 15.3. The van der Waals surface area contributed by atoms with E-state index in [0.717, 1.165) is 42.8 Å². The Kier molecular flexibility index (Phi) is 5.37. The average Bonchev–Trinajstić information content (AvgIpc) is 3.15. The van der Waals surface area contributed by atoms with Gasteiger partial charge in [0.15, 0.2) is 0 Å². The van der Waals surface area contributed by atoms with Crippen LogP contribution in [0.3, 0.4) is 0 Å². The molecular weight excluding hydrogens is 421 g/mol. The number of hydrogen-bond acceptors (Lipinski definition) is 6. The van der Waals surface area contributed by atoms with Crippen LogP contribution in [0.25, 0.3) is 16.9 Å². The highest BCUT2D eigenvalue weighted by Gasteiger charge is 2.22. The van der Waals surface area contributed by atoms with Crippen LogP contribution in [-0.4, -0.2) is 39.2 Å². The number of nitrogens with one attached hydrogen (secondary N) is 1. The number of benzene rings is 2. The molecule has 168 valence electrons. The van der Waals surface area contributed by atoms with E-state index in [1.54, 1.807) is 29.1 Å². The molecule has 1 aliphatic heterocycles. The van der Waals surface area contributed by atoms with Crippen LogP contribution in [-0.2, 0) is 13.0 Å². The van der Waals surface area contributed by atoms with Gasteiger partial charge in [-0.3, -0.25) is 4.79 Å². The highest BCUT2D eigenvalue weighted by Crippen LogP contribution is 2.31. The van der Waals surface area contributed by atoms with E-state index in [1.807, 2.05) is 19.2 Å². The van der Waals surface area contributed by atoms with E-state index in [-0.39, 0.29) is 5.82 Å². The maximum absolute atomic E-state index is 13.7. The largest absolute Gasteiger partial charge is 0.366 e. The quantitative estimate of drug-likeness (QED) is 0.488. The van der Waals surface area contributed by atoms with Crippen molar-refractivity contribution < 1.29 is 9.18 Å². The summed E-state index contributed by atoms with van der Waals surface area (Å²) in [5.74, 6) is 1.14. The molecule has 0 fully saturated rings. The minimum absolute atomic E-state index is 0.274. The number of fused-ring (bicyclic) bond motifs is 2. The lowest BCUT2D eigenvalue weighted by molar-refractivity contribution is 0.100. The van der Waals surface area contributed by atoms with E-state index in [1.165, 1.54) is 12.1 Å². The molecule has 3 N–H and O–H groups in total. The topological polar surface area (TPSA) is 102 Å². The zero-order valence-corrected chi connectivity index (χ0v) is 18.3. The fourth-order valence-corrected chi connectivity index (χ4v) is 4.26. The standard InChI is InChI=1S/C24H24FN7O/c1-31-11-3-2-8-18-22(27-13-15-6-4-7-16(25)12-15)29-24(30-23(18)31)32-20-10-5-9-17(21(26)33)19(20)14-28-32/h4-7,9-10,12,14H,2-3,8,11,13H2,1H3,(H2,26,33)(H,27,29,30). The molecule has 9 heteroatoms. The molecule has 2 aromatic heterocycles. The first-order valence-electron chi connectivity index (χ1n) is 10.9. The Morgan fingerprint density at radius 2 is 2.03 bits per heavy atom. The number of nitrogens with zero attached hydrogens (tertiary/aromatic N) is 5. The lowest BCUT2D eigenvalue weighted by Gasteiger charge is -2.21. The van der Waals surface area contributed by atoms with Crippen LogP contribution in [0.2, 0.25) is 0 Å². The normalized spacial score (nSPS) is 13.6. The minimum atomic E-state index is -0.514. The predicted octanol–water partition coefficient (Wildman–Crippen LogP) is 3.44. The van der Waals surface area contributed by atoms with Gasteiger partial charge >= 0.3 is 0 Å². The maximum Gasteiger partial charge on any atom is 0.255 e. The number of aromatic nitrogens is 4. The van der Waals surface area contributed by atoms with E-state index in [0.29, 0.717) is 34.8 Å². The number of halogens is 1. The summed E-state index contributed by atoms with van der Waals surface area (Å²) >= 11 is 0. The van der Waals surface area contributed by atoms with Gasteiger partial charge in [0.25, 0.3) is 5.95 Å². The second kappa shape index (κ2) is 8.50. The molecule has 2 aromatic carbocycles. The Morgan fingerprint density at radius 1 is 1.18 bits per heavy atom. The third-order valence-corrected chi connectivity index (χ3v) is 5.92. The highest BCUT2D eigenvalue weighted by atomic mass is 19.1. The van der Waals surface area contributed by atoms with Crippen molar-refractivity contribution >= 4 is 28.4 Å². The van der Waals surface area contributed by atoms with Gasteiger partial charge < -0.3 is 16.0 Å². The van der Waals surface area contributed by atoms with Crippen molar-refractivity contribution in [2.75, 3.05) is 23.8 Å². The van der Waals surface area contributed by atoms with Gasteiger partial charge in [-0.25, -0.2) is 4.39 Å². The van der Waals surface area contributed by atoms with Gasteiger partial charge in [-0.05, 0) is 49.1 Å². The van der Waals surface area contributed by atoms with Crippen LogP contribution in [0.1, 0.15) is 34.3 Å². The van der Waals surface area contributed by atoms with Crippen LogP contribution < -0.4 is 16.0 Å². The first-order valence-corrected chi connectivity index (χ1v) is 10.9. The second-order valence-corrected chi connectivity index (χ2v) is 8.20. The molecule has 0 aliphatic carbocycles. The van der Waals surface area contributed by atoms with Crippen molar-refractivity contribution in [3.8, 4) is 5.95 Å². The lowest BCUT2D eigenvalue weighted by atomic mass is 10.1. The summed E-state index contributed by atoms with van der Waals surface area (Å²) in [4.78, 5) is 23.6. The number of carbonyl (C=O) groups excluding carboxylic acids is 1. The molecule has 0 spiro atoms. The predicted molar refractivity (Wildman–Crippen MR) is 125 cm³/mol. The molecule has 4 aromatic rings. The molecule has 3 heterocycles. The van der Waals surface area contributed by atoms with Crippen LogP contribution in [0.15, 0.2) is 48.7 Å². The Hall–Kier alpha value is -4.01. The SMILES string of the molecule is CN1CCCCc2c(NCc3cccc(F)c3)nc(-n3ncc4c(C(N)=O)cccc43)nc21. The molecule has 1 aliphatic rings. The Balaban J connectivity index is 1.61. The Labute approximate surface area is 190 Å². The van der Waals surface area contributed by atoms with E-state index in [2.05, 4.69) is 15.3 Å². The fraction of sp³-hybridized carbons (Fsp3) is 0.250. The number of primary amides is 1. The van der Waals surface area contributed by atoms with Crippen molar-refractivity contribution in [2.45, 2.75) is 25.8 Å². The molecule has 0 radical (unpaired) electrons. The van der Waals surface area contributed by atoms with Gasteiger partial charge in [0.2, 0.25) is 5.91 Å². The van der Waals surface area contributed by atoms with Crippen molar-refractivity contribution in [2.24, 2.45) is 5.73 Å². The third-order valence-electron chi connectivity index (χ3n) is 5.92. The molecule has 0 bridgehead atoms. The maximum atomic E-state index is 13.7. The molecule has 0 saturated heterocycles. The molecule has 8 nitrogen and oxygen atoms in total. The summed E-state index contributed by atoms with van der Waals surface area (Å²) in [6, 6.07) is 11.8. The molecule has 0 saturated carbocycles. The number of nitrogens with two attached hydrogens (primary N) is 1. The number of anilines is 2. The molecule has 0 unspecified atom stereocenters. The molecular formula is C24H24FN7O. The highest BCUT2D eigenvalue weighted by molar-refractivity contribution is 6.05. The first kappa shape index (κ1) is 20.9. The van der Waals surface area contributed by atoms with E-state index in [9.17, 15) is 9.18 Å². The van der Waals surface area contributed by atoms with Gasteiger partial charge in [0, 0.05) is 31.1 Å². The minimum Gasteiger partial charge on any atom is -0.366 e. The zero-order valence-electron chi connectivity index (χ0n) is 18.3. The van der Waals surface area contributed by atoms with Crippen LogP contribution >= 0.6 is 0 Å². The van der Waals surface area contributed by atoms with Crippen LogP contribution in [0, 0.1) is 5.82 Å². The number of amides is 1. The summed E-state index contributed by atoms with van der Waals surface area (Å²) in [6.07, 6.45) is 4.53. The van der Waals surface area contributed by atoms with E-state index >= 15 is 0 Å². The first-order chi connectivity index (χ1) is 16.0. The third kappa shape index (κ3) is 3.97. The number of rotatable bonds is 5. The molecule has 1 amide bonds. The lowest BCUT2D eigenvalue weighted by Crippen LogP contribution is -2.21. The van der Waals surface area contributed by atoms with Crippen molar-refractivity contribution in [3.63, 3.8) is 0 Å². The fourth-order valence-electron chi connectivity index (χ4n) is 4.26. The molecule has 5 rings (SSSR count). The molecule has 0 atom stereocenters. The number of hydrogen-bond donors (Lipinski definition) is 2. The van der Waals surface area contributed by atoms with Crippen molar-refractivity contribution in [1.29, 1.82) is 0 Å². The van der Waals surface area contributed by atoms with Gasteiger partial charge in [-0.1, -0.05) is 18.2 Å². The average molecular weight is 446 g/mol. The Morgan fingerprint density at radius 3 is 2.85 bits per heavy atom. The van der Waals surface area contributed by atoms with E-state index in [4.69, 9.17) is 15.7 Å². The smallest absolute Gasteiger partial charge is 0.255 e. The van der Waals surface area contributed by atoms with Crippen LogP contribution in [0.4, 0.5) is 16.0 Å². The summed E-state index contributed by atoms with van der Waals surface area (Å²) in [7, 11) is 2.02. The zero-order chi connectivity index (χ0) is 22.9.